The number of likely N-dealkylation sites (tertiary alicyclic amines) is 1. The third-order valence-electron chi connectivity index (χ3n) is 8.36. The minimum Gasteiger partial charge on any atom is -0.480 e. The molecule has 0 unspecified atom stereocenters. The molecule has 1 aromatic carbocycles. The fourth-order valence-electron chi connectivity index (χ4n) is 6.35. The van der Waals surface area contributed by atoms with E-state index in [1.165, 1.54) is 0 Å². The highest BCUT2D eigenvalue weighted by atomic mass is 79.9. The summed E-state index contributed by atoms with van der Waals surface area (Å²) in [6.07, 6.45) is -8.60. The number of carbonyl (C=O) groups is 3. The van der Waals surface area contributed by atoms with E-state index >= 15 is 0 Å². The van der Waals surface area contributed by atoms with Crippen LogP contribution in [0.4, 0.5) is 26.3 Å². The molecule has 0 spiro atoms. The lowest BCUT2D eigenvalue weighted by Gasteiger charge is -2.52. The van der Waals surface area contributed by atoms with Crippen LogP contribution >= 0.6 is 27.3 Å². The molecule has 2 aliphatic rings. The number of thiophene rings is 1. The minimum absolute atomic E-state index is 0.0171. The summed E-state index contributed by atoms with van der Waals surface area (Å²) in [7, 11) is 0. The Hall–Kier alpha value is -3.66. The second-order valence-corrected chi connectivity index (χ2v) is 13.2. The van der Waals surface area contributed by atoms with E-state index in [9.17, 15) is 45.8 Å². The van der Waals surface area contributed by atoms with Gasteiger partial charge in [0.25, 0.3) is 5.91 Å². The molecule has 1 saturated heterocycles. The van der Waals surface area contributed by atoms with Crippen molar-refractivity contribution >= 4 is 45.1 Å². The lowest BCUT2D eigenvalue weighted by molar-refractivity contribution is -0.174. The zero-order chi connectivity index (χ0) is 34.3. The van der Waals surface area contributed by atoms with Crippen molar-refractivity contribution in [3.8, 4) is 5.75 Å². The Morgan fingerprint density at radius 1 is 1.11 bits per heavy atom. The van der Waals surface area contributed by atoms with Gasteiger partial charge in [-0.15, -0.1) is 11.3 Å². The summed E-state index contributed by atoms with van der Waals surface area (Å²) in [5, 5.41) is 11.2. The number of pyridine rings is 1. The van der Waals surface area contributed by atoms with Crippen LogP contribution in [0.15, 0.2) is 52.4 Å². The summed E-state index contributed by atoms with van der Waals surface area (Å²) in [6.45, 7) is 1.34. The van der Waals surface area contributed by atoms with Gasteiger partial charge in [0.2, 0.25) is 5.91 Å². The van der Waals surface area contributed by atoms with Gasteiger partial charge in [-0.1, -0.05) is 35.3 Å². The summed E-state index contributed by atoms with van der Waals surface area (Å²) in [5.74, 6) is -4.97. The molecule has 16 heteroatoms. The van der Waals surface area contributed by atoms with Crippen molar-refractivity contribution < 1.29 is 50.6 Å². The Kier molecular flexibility index (Phi) is 9.66. The number of hydrogen-bond donors (Lipinski definition) is 1. The van der Waals surface area contributed by atoms with Crippen LogP contribution in [-0.4, -0.2) is 56.0 Å². The number of aromatic nitrogens is 1. The van der Waals surface area contributed by atoms with Crippen LogP contribution in [0.25, 0.3) is 0 Å². The quantitative estimate of drug-likeness (QED) is 0.253. The SMILES string of the molecule is CCC[C@@]1(Oc2csc(C(F)(F)F)c2)[C@@H](C(=O)N2Cc3ccc(Br)cc3C[C@@H]2C(=O)O)CCCN1C(=O)c1ncccc1C(F)(F)F. The third kappa shape index (κ3) is 6.84. The van der Waals surface area contributed by atoms with Gasteiger partial charge in [-0.2, -0.15) is 26.3 Å². The molecule has 2 amide bonds. The highest BCUT2D eigenvalue weighted by Gasteiger charge is 2.56. The van der Waals surface area contributed by atoms with E-state index in [0.29, 0.717) is 39.1 Å². The molecule has 2 aliphatic heterocycles. The van der Waals surface area contributed by atoms with Crippen molar-refractivity contribution in [2.75, 3.05) is 6.54 Å². The Balaban J connectivity index is 1.64. The van der Waals surface area contributed by atoms with E-state index in [1.54, 1.807) is 25.1 Å². The molecular weight excluding hydrogens is 720 g/mol. The summed E-state index contributed by atoms with van der Waals surface area (Å²) in [6, 6.07) is 6.28. The molecule has 2 aromatic heterocycles. The highest BCUT2D eigenvalue weighted by Crippen LogP contribution is 2.45. The van der Waals surface area contributed by atoms with Gasteiger partial charge in [-0.05, 0) is 48.2 Å². The van der Waals surface area contributed by atoms with Gasteiger partial charge in [0.1, 0.15) is 22.4 Å². The number of carbonyl (C=O) groups excluding carboxylic acids is 2. The first-order valence-corrected chi connectivity index (χ1v) is 16.2. The second-order valence-electron chi connectivity index (χ2n) is 11.3. The molecule has 4 heterocycles. The molecule has 0 aliphatic carbocycles. The van der Waals surface area contributed by atoms with Gasteiger partial charge in [0.05, 0.1) is 11.5 Å². The first-order chi connectivity index (χ1) is 22.1. The number of carboxylic acids is 1. The van der Waals surface area contributed by atoms with Crippen molar-refractivity contribution in [2.45, 2.75) is 69.7 Å². The van der Waals surface area contributed by atoms with E-state index in [1.807, 2.05) is 0 Å². The number of amides is 2. The Morgan fingerprint density at radius 2 is 1.85 bits per heavy atom. The van der Waals surface area contributed by atoms with Crippen molar-refractivity contribution in [2.24, 2.45) is 5.92 Å². The van der Waals surface area contributed by atoms with Gasteiger partial charge >= 0.3 is 18.3 Å². The second kappa shape index (κ2) is 13.1. The van der Waals surface area contributed by atoms with Gasteiger partial charge in [0.15, 0.2) is 5.72 Å². The number of ether oxygens (including phenoxy) is 1. The van der Waals surface area contributed by atoms with Crippen LogP contribution in [0.1, 0.15) is 64.7 Å². The van der Waals surface area contributed by atoms with Crippen LogP contribution < -0.4 is 4.74 Å². The van der Waals surface area contributed by atoms with E-state index in [0.717, 1.165) is 27.4 Å². The molecule has 252 valence electrons. The normalized spacial score (nSPS) is 21.7. The zero-order valence-corrected chi connectivity index (χ0v) is 27.1. The van der Waals surface area contributed by atoms with Gasteiger partial charge in [-0.25, -0.2) is 4.79 Å². The topological polar surface area (TPSA) is 100 Å². The molecule has 3 aromatic rings. The number of aliphatic carboxylic acids is 1. The van der Waals surface area contributed by atoms with Crippen LogP contribution in [0, 0.1) is 5.92 Å². The van der Waals surface area contributed by atoms with Gasteiger partial charge < -0.3 is 14.7 Å². The number of carboxylic acid groups (broad SMARTS) is 1. The molecule has 5 rings (SSSR count). The minimum atomic E-state index is -4.97. The number of halogens is 7. The molecule has 0 radical (unpaired) electrons. The third-order valence-corrected chi connectivity index (χ3v) is 9.81. The van der Waals surface area contributed by atoms with E-state index in [-0.39, 0.29) is 50.9 Å². The molecule has 1 fully saturated rings. The number of alkyl halides is 6. The smallest absolute Gasteiger partial charge is 0.425 e. The summed E-state index contributed by atoms with van der Waals surface area (Å²) >= 11 is 3.68. The first-order valence-electron chi connectivity index (χ1n) is 14.6. The van der Waals surface area contributed by atoms with E-state index in [4.69, 9.17) is 4.74 Å². The van der Waals surface area contributed by atoms with Crippen LogP contribution in [0.5, 0.6) is 5.75 Å². The lowest BCUT2D eigenvalue weighted by Crippen LogP contribution is -2.67. The fourth-order valence-corrected chi connectivity index (χ4v) is 7.44. The average Bonchev–Trinajstić information content (AvgIpc) is 3.48. The van der Waals surface area contributed by atoms with Crippen molar-refractivity contribution in [3.05, 3.63) is 79.7 Å². The van der Waals surface area contributed by atoms with Crippen LogP contribution in [0.2, 0.25) is 0 Å². The molecule has 3 atom stereocenters. The van der Waals surface area contributed by atoms with Crippen molar-refractivity contribution in [3.63, 3.8) is 0 Å². The first kappa shape index (κ1) is 34.7. The summed E-state index contributed by atoms with van der Waals surface area (Å²) < 4.78 is 89.8. The number of piperidine rings is 1. The fraction of sp³-hybridized carbons (Fsp3) is 0.419. The predicted octanol–water partition coefficient (Wildman–Crippen LogP) is 7.41. The Bertz CT molecular complexity index is 1680. The number of nitrogens with zero attached hydrogens (tertiary/aromatic N) is 3. The maximum Gasteiger partial charge on any atom is 0.425 e. The lowest BCUT2D eigenvalue weighted by atomic mass is 9.80. The molecular formula is C31H28BrF6N3O5S. The Morgan fingerprint density at radius 3 is 2.49 bits per heavy atom. The molecule has 0 saturated carbocycles. The molecule has 0 bridgehead atoms. The van der Waals surface area contributed by atoms with Gasteiger partial charge in [-0.3, -0.25) is 19.5 Å². The standard InChI is InChI=1S/C31H28BrF6N3O5S/c1-2-9-29(46-20-14-24(47-16-20)31(36,37)38)22(6-4-11-41(29)27(43)25-21(30(33,34)35)5-3-10-39-25)26(42)40-15-17-7-8-19(32)12-18(17)13-23(40)28(44)45/h3,5,7-8,10,12,14,16,22-23H,2,4,6,9,11,13,15H2,1H3,(H,44,45)/t22-,23-,29-/m1/s1. The number of fused-ring (bicyclic) bond motifs is 1. The Labute approximate surface area is 277 Å². The van der Waals surface area contributed by atoms with Gasteiger partial charge in [0, 0.05) is 48.0 Å². The monoisotopic (exact) mass is 747 g/mol. The highest BCUT2D eigenvalue weighted by molar-refractivity contribution is 9.10. The predicted molar refractivity (Wildman–Crippen MR) is 160 cm³/mol. The number of benzene rings is 1. The number of rotatable bonds is 7. The molecule has 47 heavy (non-hydrogen) atoms. The maximum absolute atomic E-state index is 14.6. The van der Waals surface area contributed by atoms with E-state index in [2.05, 4.69) is 20.9 Å². The molecule has 1 N–H and O–H groups in total. The van der Waals surface area contributed by atoms with Crippen molar-refractivity contribution in [1.82, 2.24) is 14.8 Å². The van der Waals surface area contributed by atoms with Crippen LogP contribution in [0.3, 0.4) is 0 Å². The maximum atomic E-state index is 14.6. The van der Waals surface area contributed by atoms with Crippen LogP contribution in [-0.2, 0) is 34.9 Å². The number of hydrogen-bond acceptors (Lipinski definition) is 6. The summed E-state index contributed by atoms with van der Waals surface area (Å²) in [4.78, 5) is 46.0. The largest absolute Gasteiger partial charge is 0.480 e. The zero-order valence-electron chi connectivity index (χ0n) is 24.7. The molecule has 8 nitrogen and oxygen atoms in total. The summed E-state index contributed by atoms with van der Waals surface area (Å²) in [5.41, 5.74) is -3.02. The van der Waals surface area contributed by atoms with E-state index < -0.39 is 64.0 Å². The average molecular weight is 749 g/mol. The van der Waals surface area contributed by atoms with Crippen molar-refractivity contribution in [1.29, 1.82) is 0 Å².